The Balaban J connectivity index is 0.00000210. The van der Waals surface area contributed by atoms with Crippen LogP contribution in [-0.4, -0.2) is 18.4 Å². The third kappa shape index (κ3) is 4.25. The summed E-state index contributed by atoms with van der Waals surface area (Å²) in [5.41, 5.74) is 10.6. The van der Waals surface area contributed by atoms with Gasteiger partial charge >= 0.3 is 0 Å². The van der Waals surface area contributed by atoms with E-state index in [1.165, 1.54) is 0 Å². The number of nitrogen functional groups attached to an aromatic ring is 1. The number of rotatable bonds is 4. The number of carbonyl (C=O) groups is 2. The monoisotopic (exact) mass is 385 g/mol. The molecule has 3 N–H and O–H groups in total. The number of carbonyl (C=O) groups excluding carboxylic acids is 2. The number of nitrogens with zero attached hydrogens (tertiary/aromatic N) is 1. The molecule has 6 heteroatoms. The Kier molecular flexibility index (Phi) is 5.71. The largest absolute Gasteiger partial charge is 0.398 e. The summed E-state index contributed by atoms with van der Waals surface area (Å²) in [6.07, 6.45) is 4.16. The van der Waals surface area contributed by atoms with E-state index in [1.54, 1.807) is 0 Å². The van der Waals surface area contributed by atoms with Gasteiger partial charge in [-0.15, -0.1) is 12.4 Å². The lowest BCUT2D eigenvalue weighted by atomic mass is 9.99. The van der Waals surface area contributed by atoms with Gasteiger partial charge in [-0.2, -0.15) is 0 Å². The predicted octanol–water partition coefficient (Wildman–Crippen LogP) is 3.56. The van der Waals surface area contributed by atoms with E-state index in [9.17, 15) is 9.59 Å². The normalized spacial score (nSPS) is 15.5. The second-order valence-electron chi connectivity index (χ2n) is 7.13. The maximum atomic E-state index is 12.8. The van der Waals surface area contributed by atoms with Crippen LogP contribution in [0.4, 0.5) is 17.1 Å². The molecule has 0 aromatic heterocycles. The lowest BCUT2D eigenvalue weighted by Gasteiger charge is -2.30. The molecule has 1 aliphatic carbocycles. The number of hydrogen-bond acceptors (Lipinski definition) is 3. The smallest absolute Gasteiger partial charge is 0.231 e. The zero-order chi connectivity index (χ0) is 18.1. The highest BCUT2D eigenvalue weighted by atomic mass is 35.5. The quantitative estimate of drug-likeness (QED) is 0.790. The molecule has 2 amide bonds. The van der Waals surface area contributed by atoms with Gasteiger partial charge in [-0.1, -0.05) is 18.2 Å². The maximum Gasteiger partial charge on any atom is 0.231 e. The Morgan fingerprint density at radius 2 is 1.85 bits per heavy atom. The van der Waals surface area contributed by atoms with Gasteiger partial charge in [-0.3, -0.25) is 9.59 Å². The molecule has 0 spiro atoms. The first-order chi connectivity index (χ1) is 12.6. The lowest BCUT2D eigenvalue weighted by molar-refractivity contribution is -0.118. The number of amides is 2. The molecule has 1 heterocycles. The van der Waals surface area contributed by atoms with Crippen LogP contribution >= 0.6 is 12.4 Å². The first-order valence-electron chi connectivity index (χ1n) is 9.19. The van der Waals surface area contributed by atoms with Crippen molar-refractivity contribution in [3.8, 4) is 0 Å². The fourth-order valence-corrected chi connectivity index (χ4v) is 3.48. The number of nitrogens with one attached hydrogen (secondary N) is 1. The van der Waals surface area contributed by atoms with Crippen molar-refractivity contribution in [2.75, 3.05) is 22.5 Å². The number of hydrogen-bond donors (Lipinski definition) is 2. The number of fused-ring (bicyclic) bond motifs is 1. The van der Waals surface area contributed by atoms with E-state index in [2.05, 4.69) is 5.32 Å². The fraction of sp³-hybridized carbons (Fsp3) is 0.333. The second kappa shape index (κ2) is 8.01. The van der Waals surface area contributed by atoms with Gasteiger partial charge in [-0.25, -0.2) is 0 Å². The molecule has 0 atom stereocenters. The molecule has 0 radical (unpaired) electrons. The Hall–Kier alpha value is -2.53. The van der Waals surface area contributed by atoms with E-state index in [0.29, 0.717) is 6.42 Å². The molecule has 1 aliphatic heterocycles. The van der Waals surface area contributed by atoms with Crippen molar-refractivity contribution in [1.29, 1.82) is 0 Å². The molecular formula is C21H24ClN3O2. The molecule has 0 unspecified atom stereocenters. The van der Waals surface area contributed by atoms with Crippen molar-refractivity contribution in [2.24, 2.45) is 5.92 Å². The molecular weight excluding hydrogens is 362 g/mol. The van der Waals surface area contributed by atoms with Crippen molar-refractivity contribution >= 4 is 41.3 Å². The van der Waals surface area contributed by atoms with Crippen molar-refractivity contribution in [1.82, 2.24) is 0 Å². The fourth-order valence-electron chi connectivity index (χ4n) is 3.48. The Morgan fingerprint density at radius 1 is 1.11 bits per heavy atom. The topological polar surface area (TPSA) is 75.4 Å². The van der Waals surface area contributed by atoms with E-state index < -0.39 is 0 Å². The van der Waals surface area contributed by atoms with Crippen LogP contribution in [0.25, 0.3) is 0 Å². The third-order valence-electron chi connectivity index (χ3n) is 5.11. The molecule has 5 nitrogen and oxygen atoms in total. The summed E-state index contributed by atoms with van der Waals surface area (Å²) in [5, 5.41) is 2.92. The van der Waals surface area contributed by atoms with Gasteiger partial charge in [0.25, 0.3) is 0 Å². The highest BCUT2D eigenvalue weighted by Gasteiger charge is 2.29. The molecule has 142 valence electrons. The molecule has 0 saturated heterocycles. The Bertz CT molecular complexity index is 847. The summed E-state index contributed by atoms with van der Waals surface area (Å²) in [5.74, 6) is 0.352. The summed E-state index contributed by atoms with van der Waals surface area (Å²) in [4.78, 5) is 26.5. The number of benzene rings is 2. The standard InChI is InChI=1S/C21H23N3O2.ClH/c22-18-4-1-5-19-17(18)3-2-12-24(19)20(25)13-14-6-10-16(11-7-14)23-21(26)15-8-9-15;/h1,4-7,10-11,15H,2-3,8-9,12-13,22H2,(H,23,26);1H. The maximum absolute atomic E-state index is 12.8. The van der Waals surface area contributed by atoms with Crippen LogP contribution in [-0.2, 0) is 22.4 Å². The van der Waals surface area contributed by atoms with Crippen LogP contribution in [0.15, 0.2) is 42.5 Å². The first kappa shape index (κ1) is 19.2. The first-order valence-corrected chi connectivity index (χ1v) is 9.19. The highest BCUT2D eigenvalue weighted by Crippen LogP contribution is 2.32. The second-order valence-corrected chi connectivity index (χ2v) is 7.13. The van der Waals surface area contributed by atoms with Crippen LogP contribution in [0.2, 0.25) is 0 Å². The van der Waals surface area contributed by atoms with Gasteiger partial charge in [0.05, 0.1) is 6.42 Å². The van der Waals surface area contributed by atoms with Crippen LogP contribution in [0, 0.1) is 5.92 Å². The molecule has 4 rings (SSSR count). The summed E-state index contributed by atoms with van der Waals surface area (Å²) < 4.78 is 0. The van der Waals surface area contributed by atoms with Crippen molar-refractivity contribution in [2.45, 2.75) is 32.1 Å². The molecule has 1 fully saturated rings. The molecule has 2 aromatic rings. The lowest BCUT2D eigenvalue weighted by Crippen LogP contribution is -2.36. The molecule has 1 saturated carbocycles. The van der Waals surface area contributed by atoms with E-state index in [-0.39, 0.29) is 30.1 Å². The van der Waals surface area contributed by atoms with Gasteiger partial charge in [-0.05, 0) is 61.1 Å². The van der Waals surface area contributed by atoms with Gasteiger partial charge in [0.15, 0.2) is 0 Å². The average Bonchev–Trinajstić information content (AvgIpc) is 3.48. The zero-order valence-corrected chi connectivity index (χ0v) is 15.9. The van der Waals surface area contributed by atoms with Crippen molar-refractivity contribution < 1.29 is 9.59 Å². The van der Waals surface area contributed by atoms with Gasteiger partial charge in [0, 0.05) is 29.5 Å². The average molecular weight is 386 g/mol. The van der Waals surface area contributed by atoms with E-state index in [1.807, 2.05) is 47.4 Å². The SMILES string of the molecule is Cl.Nc1cccc2c1CCCN2C(=O)Cc1ccc(NC(=O)C2CC2)cc1. The zero-order valence-electron chi connectivity index (χ0n) is 15.1. The summed E-state index contributed by atoms with van der Waals surface area (Å²) >= 11 is 0. The minimum Gasteiger partial charge on any atom is -0.398 e. The van der Waals surface area contributed by atoms with E-state index >= 15 is 0 Å². The highest BCUT2D eigenvalue weighted by molar-refractivity contribution is 5.97. The van der Waals surface area contributed by atoms with E-state index in [0.717, 1.165) is 60.4 Å². The summed E-state index contributed by atoms with van der Waals surface area (Å²) in [6.45, 7) is 0.727. The minimum absolute atomic E-state index is 0. The van der Waals surface area contributed by atoms with Gasteiger partial charge in [0.2, 0.25) is 11.8 Å². The predicted molar refractivity (Wildman–Crippen MR) is 110 cm³/mol. The number of anilines is 3. The summed E-state index contributed by atoms with van der Waals surface area (Å²) in [6, 6.07) is 13.3. The Labute approximate surface area is 165 Å². The van der Waals surface area contributed by atoms with Crippen LogP contribution < -0.4 is 16.0 Å². The Morgan fingerprint density at radius 3 is 2.56 bits per heavy atom. The third-order valence-corrected chi connectivity index (χ3v) is 5.11. The van der Waals surface area contributed by atoms with Crippen LogP contribution in [0.5, 0.6) is 0 Å². The van der Waals surface area contributed by atoms with Crippen LogP contribution in [0.3, 0.4) is 0 Å². The van der Waals surface area contributed by atoms with Gasteiger partial charge in [0.1, 0.15) is 0 Å². The molecule has 2 aliphatic rings. The molecule has 0 bridgehead atoms. The number of halogens is 1. The minimum atomic E-state index is 0. The van der Waals surface area contributed by atoms with Gasteiger partial charge < -0.3 is 16.0 Å². The number of nitrogens with two attached hydrogens (primary N) is 1. The van der Waals surface area contributed by atoms with E-state index in [4.69, 9.17) is 5.73 Å². The molecule has 27 heavy (non-hydrogen) atoms. The summed E-state index contributed by atoms with van der Waals surface area (Å²) in [7, 11) is 0. The van der Waals surface area contributed by atoms with Crippen molar-refractivity contribution in [3.05, 3.63) is 53.6 Å². The van der Waals surface area contributed by atoms with Crippen molar-refractivity contribution in [3.63, 3.8) is 0 Å². The molecule has 2 aromatic carbocycles. The van der Waals surface area contributed by atoms with Crippen LogP contribution in [0.1, 0.15) is 30.4 Å².